The van der Waals surface area contributed by atoms with Gasteiger partial charge in [-0.15, -0.1) is 0 Å². The summed E-state index contributed by atoms with van der Waals surface area (Å²) in [4.78, 5) is 29.7. The summed E-state index contributed by atoms with van der Waals surface area (Å²) in [5, 5.41) is 9.12. The van der Waals surface area contributed by atoms with Gasteiger partial charge in [0, 0.05) is 38.7 Å². The van der Waals surface area contributed by atoms with E-state index in [1.54, 1.807) is 22.4 Å². The van der Waals surface area contributed by atoms with Crippen LogP contribution in [0.2, 0.25) is 0 Å². The van der Waals surface area contributed by atoms with Crippen molar-refractivity contribution in [3.63, 3.8) is 0 Å². The molecule has 130 valence electrons. The monoisotopic (exact) mass is 333 g/mol. The van der Waals surface area contributed by atoms with E-state index in [1.165, 1.54) is 0 Å². The maximum Gasteiger partial charge on any atom is 0.308 e. The van der Waals surface area contributed by atoms with Gasteiger partial charge in [-0.05, 0) is 25.5 Å². The number of imidazole rings is 1. The number of hydrogen-bond donors (Lipinski definition) is 1. The molecule has 7 heteroatoms. The molecule has 0 bridgehead atoms. The van der Waals surface area contributed by atoms with Gasteiger partial charge >= 0.3 is 5.97 Å². The van der Waals surface area contributed by atoms with Crippen molar-refractivity contribution in [2.45, 2.75) is 20.3 Å². The number of carbonyl (C=O) groups excluding carboxylic acids is 1. The van der Waals surface area contributed by atoms with Gasteiger partial charge in [-0.1, -0.05) is 13.0 Å². The molecule has 0 aromatic carbocycles. The third-order valence-corrected chi connectivity index (χ3v) is 3.71. The minimum Gasteiger partial charge on any atom is -0.481 e. The Bertz CT molecular complexity index is 665. The molecule has 1 unspecified atom stereocenters. The Morgan fingerprint density at radius 3 is 2.88 bits per heavy atom. The molecular weight excluding hydrogens is 310 g/mol. The van der Waals surface area contributed by atoms with Crippen molar-refractivity contribution in [2.24, 2.45) is 5.92 Å². The van der Waals surface area contributed by atoms with Crippen molar-refractivity contribution in [3.8, 4) is 0 Å². The summed E-state index contributed by atoms with van der Waals surface area (Å²) >= 11 is 0. The molecule has 7 nitrogen and oxygen atoms in total. The molecule has 0 spiro atoms. The standard InChI is InChI=1S/C17H23N3O4/c1-3-24-10-6-9-20(11-13(2)17(22)23)16(21)14-12-19-8-5-4-7-15(19)18-14/h4-5,7-8,12-13H,3,6,9-11H2,1-2H3,(H,22,23). The van der Waals surface area contributed by atoms with Crippen LogP contribution < -0.4 is 0 Å². The molecule has 24 heavy (non-hydrogen) atoms. The van der Waals surface area contributed by atoms with Gasteiger partial charge in [-0.3, -0.25) is 9.59 Å². The second-order valence-corrected chi connectivity index (χ2v) is 5.63. The van der Waals surface area contributed by atoms with Crippen LogP contribution in [-0.4, -0.2) is 57.6 Å². The number of carboxylic acids is 1. The SMILES string of the molecule is CCOCCCN(CC(C)C(=O)O)C(=O)c1cn2ccccc2n1. The molecular formula is C17H23N3O4. The molecule has 0 radical (unpaired) electrons. The lowest BCUT2D eigenvalue weighted by molar-refractivity contribution is -0.141. The van der Waals surface area contributed by atoms with Gasteiger partial charge in [0.15, 0.2) is 0 Å². The van der Waals surface area contributed by atoms with Crippen LogP contribution in [0.3, 0.4) is 0 Å². The topological polar surface area (TPSA) is 84.1 Å². The normalized spacial score (nSPS) is 12.2. The molecule has 1 amide bonds. The lowest BCUT2D eigenvalue weighted by Gasteiger charge is -2.23. The fourth-order valence-electron chi connectivity index (χ4n) is 2.39. The van der Waals surface area contributed by atoms with Gasteiger partial charge < -0.3 is 19.1 Å². The van der Waals surface area contributed by atoms with E-state index in [-0.39, 0.29) is 12.5 Å². The number of rotatable bonds is 9. The molecule has 2 aromatic rings. The lowest BCUT2D eigenvalue weighted by Crippen LogP contribution is -2.38. The Balaban J connectivity index is 2.13. The van der Waals surface area contributed by atoms with Gasteiger partial charge in [-0.25, -0.2) is 4.98 Å². The zero-order chi connectivity index (χ0) is 17.5. The lowest BCUT2D eigenvalue weighted by atomic mass is 10.1. The summed E-state index contributed by atoms with van der Waals surface area (Å²) < 4.78 is 7.07. The van der Waals surface area contributed by atoms with E-state index in [0.717, 1.165) is 0 Å². The predicted molar refractivity (Wildman–Crippen MR) is 89.0 cm³/mol. The average molecular weight is 333 g/mol. The summed E-state index contributed by atoms with van der Waals surface area (Å²) in [6, 6.07) is 5.52. The maximum absolute atomic E-state index is 12.8. The molecule has 2 heterocycles. The summed E-state index contributed by atoms with van der Waals surface area (Å²) in [7, 11) is 0. The van der Waals surface area contributed by atoms with Crippen LogP contribution in [0.15, 0.2) is 30.6 Å². The zero-order valence-corrected chi connectivity index (χ0v) is 14.0. The average Bonchev–Trinajstić information content (AvgIpc) is 3.00. The number of aliphatic carboxylic acids is 1. The number of carboxylic acid groups (broad SMARTS) is 1. The van der Waals surface area contributed by atoms with E-state index in [2.05, 4.69) is 4.98 Å². The van der Waals surface area contributed by atoms with E-state index < -0.39 is 11.9 Å². The number of hydrogen-bond acceptors (Lipinski definition) is 4. The number of fused-ring (bicyclic) bond motifs is 1. The first-order chi connectivity index (χ1) is 11.5. The third kappa shape index (κ3) is 4.55. The molecule has 0 aliphatic heterocycles. The second kappa shape index (κ2) is 8.44. The number of pyridine rings is 1. The number of aromatic nitrogens is 2. The molecule has 0 saturated carbocycles. The highest BCUT2D eigenvalue weighted by atomic mass is 16.5. The van der Waals surface area contributed by atoms with Gasteiger partial charge in [0.1, 0.15) is 11.3 Å². The molecule has 2 rings (SSSR count). The van der Waals surface area contributed by atoms with Gasteiger partial charge in [0.25, 0.3) is 5.91 Å². The van der Waals surface area contributed by atoms with Crippen LogP contribution in [0, 0.1) is 5.92 Å². The number of nitrogens with zero attached hydrogens (tertiary/aromatic N) is 3. The fraction of sp³-hybridized carbons (Fsp3) is 0.471. The van der Waals surface area contributed by atoms with Crippen molar-refractivity contribution in [3.05, 3.63) is 36.3 Å². The van der Waals surface area contributed by atoms with E-state index in [4.69, 9.17) is 9.84 Å². The first-order valence-electron chi connectivity index (χ1n) is 8.06. The van der Waals surface area contributed by atoms with E-state index in [0.29, 0.717) is 37.5 Å². The van der Waals surface area contributed by atoms with Gasteiger partial charge in [0.05, 0.1) is 5.92 Å². The number of ether oxygens (including phenoxy) is 1. The minimum atomic E-state index is -0.924. The molecule has 0 fully saturated rings. The minimum absolute atomic E-state index is 0.147. The zero-order valence-electron chi connectivity index (χ0n) is 14.0. The first kappa shape index (κ1) is 17.9. The van der Waals surface area contributed by atoms with Crippen LogP contribution in [-0.2, 0) is 9.53 Å². The first-order valence-corrected chi connectivity index (χ1v) is 8.06. The molecule has 0 aliphatic carbocycles. The van der Waals surface area contributed by atoms with Crippen LogP contribution >= 0.6 is 0 Å². The summed E-state index contributed by atoms with van der Waals surface area (Å²) in [5.74, 6) is -1.83. The fourth-order valence-corrected chi connectivity index (χ4v) is 2.39. The molecule has 0 aliphatic rings. The summed E-state index contributed by atoms with van der Waals surface area (Å²) in [6.45, 7) is 5.23. The summed E-state index contributed by atoms with van der Waals surface area (Å²) in [5.41, 5.74) is 0.997. The molecule has 1 N–H and O–H groups in total. The van der Waals surface area contributed by atoms with Crippen molar-refractivity contribution in [1.29, 1.82) is 0 Å². The molecule has 1 atom stereocenters. The Morgan fingerprint density at radius 1 is 1.42 bits per heavy atom. The third-order valence-electron chi connectivity index (χ3n) is 3.71. The number of amides is 1. The van der Waals surface area contributed by atoms with Crippen molar-refractivity contribution in [1.82, 2.24) is 14.3 Å². The van der Waals surface area contributed by atoms with Crippen LogP contribution in [0.5, 0.6) is 0 Å². The molecule has 0 saturated heterocycles. The van der Waals surface area contributed by atoms with E-state index in [1.807, 2.05) is 31.3 Å². The Labute approximate surface area is 140 Å². The molecule has 2 aromatic heterocycles. The van der Waals surface area contributed by atoms with Gasteiger partial charge in [-0.2, -0.15) is 0 Å². The van der Waals surface area contributed by atoms with Crippen molar-refractivity contribution in [2.75, 3.05) is 26.3 Å². The Morgan fingerprint density at radius 2 is 2.21 bits per heavy atom. The van der Waals surface area contributed by atoms with E-state index in [9.17, 15) is 9.59 Å². The summed E-state index contributed by atoms with van der Waals surface area (Å²) in [6.07, 6.45) is 4.14. The van der Waals surface area contributed by atoms with Gasteiger partial charge in [0.2, 0.25) is 0 Å². The Hall–Kier alpha value is -2.41. The van der Waals surface area contributed by atoms with Crippen molar-refractivity contribution >= 4 is 17.5 Å². The van der Waals surface area contributed by atoms with Crippen LogP contribution in [0.4, 0.5) is 0 Å². The highest BCUT2D eigenvalue weighted by Gasteiger charge is 2.23. The highest BCUT2D eigenvalue weighted by Crippen LogP contribution is 2.10. The van der Waals surface area contributed by atoms with Crippen LogP contribution in [0.1, 0.15) is 30.8 Å². The quantitative estimate of drug-likeness (QED) is 0.709. The second-order valence-electron chi connectivity index (χ2n) is 5.63. The number of carbonyl (C=O) groups is 2. The predicted octanol–water partition coefficient (Wildman–Crippen LogP) is 1.92. The maximum atomic E-state index is 12.8. The van der Waals surface area contributed by atoms with Crippen molar-refractivity contribution < 1.29 is 19.4 Å². The smallest absolute Gasteiger partial charge is 0.308 e. The highest BCUT2D eigenvalue weighted by molar-refractivity contribution is 5.93. The largest absolute Gasteiger partial charge is 0.481 e. The van der Waals surface area contributed by atoms with Crippen LogP contribution in [0.25, 0.3) is 5.65 Å². The Kier molecular flexibility index (Phi) is 6.31. The van der Waals surface area contributed by atoms with E-state index >= 15 is 0 Å².